The molecule has 0 bridgehead atoms. The molecule has 0 saturated heterocycles. The molecule has 0 N–H and O–H groups in total. The molecular formula is C7H14BrF5S. The van der Waals surface area contributed by atoms with Crippen molar-refractivity contribution >= 4 is 26.2 Å². The van der Waals surface area contributed by atoms with Gasteiger partial charge in [-0.25, -0.2) is 0 Å². The molecule has 0 aromatic heterocycles. The third-order valence-electron chi connectivity index (χ3n) is 1.94. The van der Waals surface area contributed by atoms with Gasteiger partial charge < -0.3 is 0 Å². The van der Waals surface area contributed by atoms with Crippen LogP contribution in [-0.4, -0.2) is 10.1 Å². The van der Waals surface area contributed by atoms with E-state index in [-0.39, 0.29) is 12.8 Å². The zero-order chi connectivity index (χ0) is 11.7. The molecule has 2 unspecified atom stereocenters. The van der Waals surface area contributed by atoms with Crippen LogP contribution in [0.3, 0.4) is 0 Å². The minimum Gasteiger partial charge on any atom is -0.0975 e. The Labute approximate surface area is 89.1 Å². The zero-order valence-corrected chi connectivity index (χ0v) is 10.4. The summed E-state index contributed by atoms with van der Waals surface area (Å²) in [6.45, 7) is 2.91. The van der Waals surface area contributed by atoms with Crippen molar-refractivity contribution in [3.63, 3.8) is 0 Å². The van der Waals surface area contributed by atoms with E-state index in [0.29, 0.717) is 0 Å². The van der Waals surface area contributed by atoms with Crippen LogP contribution < -0.4 is 0 Å². The van der Waals surface area contributed by atoms with E-state index >= 15 is 0 Å². The van der Waals surface area contributed by atoms with E-state index in [1.165, 1.54) is 13.8 Å². The number of rotatable bonds is 5. The molecule has 0 aliphatic carbocycles. The van der Waals surface area contributed by atoms with Gasteiger partial charge >= 0.3 is 0 Å². The summed E-state index contributed by atoms with van der Waals surface area (Å²) < 4.78 is 62.4. The van der Waals surface area contributed by atoms with E-state index in [1.807, 2.05) is 0 Å². The van der Waals surface area contributed by atoms with Crippen LogP contribution in [0.1, 0.15) is 33.1 Å². The van der Waals surface area contributed by atoms with Gasteiger partial charge in [0.05, 0.1) is 0 Å². The number of halogens is 6. The minimum atomic E-state index is -9.34. The fourth-order valence-electron chi connectivity index (χ4n) is 1.23. The SMILES string of the molecule is CCCC(C(Br)CC)S(F)(F)(F)(F)F. The van der Waals surface area contributed by atoms with Gasteiger partial charge in [-0.1, -0.05) is 55.6 Å². The molecule has 0 saturated carbocycles. The molecule has 0 spiro atoms. The highest BCUT2D eigenvalue weighted by molar-refractivity contribution is 9.09. The van der Waals surface area contributed by atoms with E-state index in [2.05, 4.69) is 15.9 Å². The molecule has 0 nitrogen and oxygen atoms in total. The Morgan fingerprint density at radius 1 is 1.07 bits per heavy atom. The van der Waals surface area contributed by atoms with E-state index in [9.17, 15) is 19.4 Å². The van der Waals surface area contributed by atoms with Gasteiger partial charge in [0.15, 0.2) is 0 Å². The highest BCUT2D eigenvalue weighted by Gasteiger charge is 2.70. The molecule has 0 heterocycles. The topological polar surface area (TPSA) is 0 Å². The Hall–Kier alpha value is 0.480. The van der Waals surface area contributed by atoms with Crippen molar-refractivity contribution in [2.45, 2.75) is 43.2 Å². The molecule has 0 fully saturated rings. The Balaban J connectivity index is 5.04. The van der Waals surface area contributed by atoms with Crippen molar-refractivity contribution in [3.8, 4) is 0 Å². The summed E-state index contributed by atoms with van der Waals surface area (Å²) in [4.78, 5) is -1.20. The maximum Gasteiger partial charge on any atom is 0.289 e. The molecule has 0 radical (unpaired) electrons. The fraction of sp³-hybridized carbons (Fsp3) is 1.00. The van der Waals surface area contributed by atoms with Crippen LogP contribution in [0.5, 0.6) is 0 Å². The van der Waals surface area contributed by atoms with Crippen LogP contribution in [0.25, 0.3) is 0 Å². The van der Waals surface area contributed by atoms with E-state index in [1.54, 1.807) is 0 Å². The first-order valence-corrected chi connectivity index (χ1v) is 7.22. The molecule has 90 valence electrons. The van der Waals surface area contributed by atoms with Gasteiger partial charge in [-0.3, -0.25) is 0 Å². The van der Waals surface area contributed by atoms with Gasteiger partial charge in [-0.05, 0) is 12.8 Å². The highest BCUT2D eigenvalue weighted by Crippen LogP contribution is 3.01. The molecule has 7 heteroatoms. The molecule has 0 aromatic carbocycles. The van der Waals surface area contributed by atoms with E-state index in [0.717, 1.165) is 0 Å². The van der Waals surface area contributed by atoms with Crippen LogP contribution in [0.4, 0.5) is 19.4 Å². The highest BCUT2D eigenvalue weighted by atomic mass is 79.9. The van der Waals surface area contributed by atoms with Gasteiger partial charge in [0.2, 0.25) is 0 Å². The second-order valence-electron chi connectivity index (χ2n) is 3.28. The predicted molar refractivity (Wildman–Crippen MR) is 54.8 cm³/mol. The van der Waals surface area contributed by atoms with Crippen molar-refractivity contribution < 1.29 is 19.4 Å². The number of hydrogen-bond donors (Lipinski definition) is 0. The summed E-state index contributed by atoms with van der Waals surface area (Å²) in [5.41, 5.74) is 0. The van der Waals surface area contributed by atoms with Gasteiger partial charge in [-0.2, -0.15) is 0 Å². The average Bonchev–Trinajstić information content (AvgIpc) is 1.94. The van der Waals surface area contributed by atoms with Crippen LogP contribution in [0.2, 0.25) is 0 Å². The van der Waals surface area contributed by atoms with Crippen molar-refractivity contribution in [2.75, 3.05) is 0 Å². The van der Waals surface area contributed by atoms with Crippen molar-refractivity contribution in [3.05, 3.63) is 0 Å². The molecule has 14 heavy (non-hydrogen) atoms. The first-order valence-electron chi connectivity index (χ1n) is 4.29. The Kier molecular flexibility index (Phi) is 3.62. The molecular weight excluding hydrogens is 291 g/mol. The van der Waals surface area contributed by atoms with Crippen LogP contribution in [-0.2, 0) is 0 Å². The summed E-state index contributed by atoms with van der Waals surface area (Å²) in [7, 11) is -9.34. The third kappa shape index (κ3) is 4.33. The van der Waals surface area contributed by atoms with Gasteiger partial charge in [-0.15, -0.1) is 0 Å². The van der Waals surface area contributed by atoms with E-state index < -0.39 is 26.7 Å². The van der Waals surface area contributed by atoms with Gasteiger partial charge in [0, 0.05) is 4.83 Å². The van der Waals surface area contributed by atoms with Crippen LogP contribution >= 0.6 is 26.2 Å². The van der Waals surface area contributed by atoms with Gasteiger partial charge in [0.1, 0.15) is 5.25 Å². The largest absolute Gasteiger partial charge is 0.289 e. The fourth-order valence-corrected chi connectivity index (χ4v) is 4.15. The Bertz CT molecular complexity index is 197. The average molecular weight is 305 g/mol. The quantitative estimate of drug-likeness (QED) is 0.456. The van der Waals surface area contributed by atoms with Crippen LogP contribution in [0.15, 0.2) is 0 Å². The smallest absolute Gasteiger partial charge is 0.0975 e. The normalized spacial score (nSPS) is 22.3. The summed E-state index contributed by atoms with van der Waals surface area (Å²) in [6, 6.07) is 0. The predicted octanol–water partition coefficient (Wildman–Crippen LogP) is 5.63. The van der Waals surface area contributed by atoms with Crippen molar-refractivity contribution in [1.82, 2.24) is 0 Å². The zero-order valence-electron chi connectivity index (χ0n) is 7.95. The molecule has 2 atom stereocenters. The van der Waals surface area contributed by atoms with Gasteiger partial charge in [0.25, 0.3) is 10.2 Å². The first kappa shape index (κ1) is 14.5. The maximum absolute atomic E-state index is 12.5. The summed E-state index contributed by atoms with van der Waals surface area (Å²) in [5.74, 6) is 0. The lowest BCUT2D eigenvalue weighted by molar-refractivity contribution is 0.333. The first-order chi connectivity index (χ1) is 5.92. The maximum atomic E-state index is 12.5. The molecule has 0 amide bonds. The molecule has 0 aliphatic rings. The third-order valence-corrected chi connectivity index (χ3v) is 5.28. The second kappa shape index (κ2) is 3.50. The number of hydrogen-bond acceptors (Lipinski definition) is 0. The minimum absolute atomic E-state index is 0.0380. The molecule has 0 aromatic rings. The van der Waals surface area contributed by atoms with Crippen molar-refractivity contribution in [1.29, 1.82) is 0 Å². The van der Waals surface area contributed by atoms with Crippen LogP contribution in [0, 0.1) is 0 Å². The lowest BCUT2D eigenvalue weighted by atomic mass is 10.1. The summed E-state index contributed by atoms with van der Waals surface area (Å²) in [6.07, 6.45) is -0.392. The van der Waals surface area contributed by atoms with Crippen molar-refractivity contribution in [2.24, 2.45) is 0 Å². The standard InChI is InChI=1S/C7H14BrF5S/c1-3-5-7(6(8)4-2)14(9,10,11,12)13/h6-7H,3-5H2,1-2H3. The number of alkyl halides is 1. The lowest BCUT2D eigenvalue weighted by Gasteiger charge is -2.48. The second-order valence-corrected chi connectivity index (χ2v) is 7.12. The molecule has 0 rings (SSSR count). The Morgan fingerprint density at radius 2 is 1.50 bits per heavy atom. The monoisotopic (exact) mass is 304 g/mol. The molecule has 0 aliphatic heterocycles. The lowest BCUT2D eigenvalue weighted by Crippen LogP contribution is -2.33. The summed E-state index contributed by atoms with van der Waals surface area (Å²) >= 11 is 2.68. The Morgan fingerprint density at radius 3 is 1.71 bits per heavy atom. The summed E-state index contributed by atoms with van der Waals surface area (Å²) in [5, 5.41) is -2.51. The van der Waals surface area contributed by atoms with E-state index in [4.69, 9.17) is 0 Å².